The second-order valence-electron chi connectivity index (χ2n) is 5.01. The first-order valence-electron chi connectivity index (χ1n) is 7.50. The molecule has 24 heavy (non-hydrogen) atoms. The summed E-state index contributed by atoms with van der Waals surface area (Å²) in [5.41, 5.74) is 1.61. The van der Waals surface area contributed by atoms with Gasteiger partial charge in [-0.3, -0.25) is 4.79 Å². The first-order valence-corrected chi connectivity index (χ1v) is 8.29. The Bertz CT molecular complexity index is 718. The quantitative estimate of drug-likeness (QED) is 0.770. The largest absolute Gasteiger partial charge is 0.497 e. The van der Waals surface area contributed by atoms with Crippen LogP contribution in [0.1, 0.15) is 12.5 Å². The number of carbonyl (C=O) groups is 1. The molecule has 0 aromatic heterocycles. The zero-order chi connectivity index (χ0) is 17.5. The maximum absolute atomic E-state index is 12.1. The van der Waals surface area contributed by atoms with Gasteiger partial charge in [0.05, 0.1) is 19.9 Å². The highest BCUT2D eigenvalue weighted by atomic mass is 79.9. The van der Waals surface area contributed by atoms with E-state index in [0.29, 0.717) is 22.9 Å². The molecule has 1 N–H and O–H groups in total. The standard InChI is InChI=1S/C18H20BrNO4/c1-4-12-9-13(19)5-8-16(12)24-11-18(21)20-15-7-6-14(22-2)10-17(15)23-3/h5-10H,4,11H2,1-3H3,(H,20,21). The summed E-state index contributed by atoms with van der Waals surface area (Å²) in [4.78, 5) is 12.1. The minimum absolute atomic E-state index is 0.0795. The van der Waals surface area contributed by atoms with E-state index in [1.165, 1.54) is 7.11 Å². The van der Waals surface area contributed by atoms with Crippen LogP contribution in [-0.4, -0.2) is 26.7 Å². The number of halogens is 1. The molecule has 0 aliphatic heterocycles. The Kier molecular flexibility index (Phi) is 6.49. The van der Waals surface area contributed by atoms with Crippen LogP contribution in [0.3, 0.4) is 0 Å². The van der Waals surface area contributed by atoms with Gasteiger partial charge >= 0.3 is 0 Å². The summed E-state index contributed by atoms with van der Waals surface area (Å²) >= 11 is 3.43. The van der Waals surface area contributed by atoms with Gasteiger partial charge in [0.15, 0.2) is 6.61 Å². The van der Waals surface area contributed by atoms with Crippen molar-refractivity contribution in [1.29, 1.82) is 0 Å². The lowest BCUT2D eigenvalue weighted by atomic mass is 10.1. The topological polar surface area (TPSA) is 56.8 Å². The van der Waals surface area contributed by atoms with Gasteiger partial charge in [-0.1, -0.05) is 22.9 Å². The smallest absolute Gasteiger partial charge is 0.262 e. The van der Waals surface area contributed by atoms with Gasteiger partial charge < -0.3 is 19.5 Å². The molecular formula is C18H20BrNO4. The third-order valence-corrected chi connectivity index (χ3v) is 3.94. The van der Waals surface area contributed by atoms with Crippen LogP contribution < -0.4 is 19.5 Å². The van der Waals surface area contributed by atoms with E-state index >= 15 is 0 Å². The lowest BCUT2D eigenvalue weighted by Crippen LogP contribution is -2.20. The molecule has 128 valence electrons. The Morgan fingerprint density at radius 2 is 1.88 bits per heavy atom. The molecule has 0 fully saturated rings. The van der Waals surface area contributed by atoms with Crippen LogP contribution in [-0.2, 0) is 11.2 Å². The van der Waals surface area contributed by atoms with Crippen LogP contribution in [0.4, 0.5) is 5.69 Å². The van der Waals surface area contributed by atoms with Crippen molar-refractivity contribution in [2.75, 3.05) is 26.1 Å². The minimum Gasteiger partial charge on any atom is -0.497 e. The van der Waals surface area contributed by atoms with Crippen LogP contribution in [0.2, 0.25) is 0 Å². The highest BCUT2D eigenvalue weighted by molar-refractivity contribution is 9.10. The van der Waals surface area contributed by atoms with Gasteiger partial charge in [-0.2, -0.15) is 0 Å². The van der Waals surface area contributed by atoms with E-state index < -0.39 is 0 Å². The summed E-state index contributed by atoms with van der Waals surface area (Å²) in [6.07, 6.45) is 0.822. The number of hydrogen-bond acceptors (Lipinski definition) is 4. The molecule has 0 aliphatic rings. The fraction of sp³-hybridized carbons (Fsp3) is 0.278. The normalized spacial score (nSPS) is 10.2. The number of hydrogen-bond donors (Lipinski definition) is 1. The summed E-state index contributed by atoms with van der Waals surface area (Å²) in [5, 5.41) is 2.78. The van der Waals surface area contributed by atoms with E-state index in [1.807, 2.05) is 25.1 Å². The number of anilines is 1. The number of rotatable bonds is 7. The molecule has 6 heteroatoms. The van der Waals surface area contributed by atoms with E-state index in [2.05, 4.69) is 21.2 Å². The molecule has 1 amide bonds. The van der Waals surface area contributed by atoms with Crippen LogP contribution in [0.5, 0.6) is 17.2 Å². The average molecular weight is 394 g/mol. The molecule has 0 heterocycles. The molecule has 0 aliphatic carbocycles. The summed E-state index contributed by atoms with van der Waals surface area (Å²) in [7, 11) is 3.11. The first-order chi connectivity index (χ1) is 11.6. The van der Waals surface area contributed by atoms with Crippen molar-refractivity contribution in [3.05, 3.63) is 46.4 Å². The van der Waals surface area contributed by atoms with Crippen molar-refractivity contribution in [3.63, 3.8) is 0 Å². The molecular weight excluding hydrogens is 374 g/mol. The van der Waals surface area contributed by atoms with E-state index in [0.717, 1.165) is 16.5 Å². The molecule has 0 spiro atoms. The van der Waals surface area contributed by atoms with Gasteiger partial charge in [0, 0.05) is 10.5 Å². The van der Waals surface area contributed by atoms with Crippen LogP contribution in [0, 0.1) is 0 Å². The highest BCUT2D eigenvalue weighted by Gasteiger charge is 2.11. The minimum atomic E-state index is -0.261. The number of ether oxygens (including phenoxy) is 3. The van der Waals surface area contributed by atoms with Gasteiger partial charge in [-0.25, -0.2) is 0 Å². The summed E-state index contributed by atoms with van der Waals surface area (Å²) in [5.74, 6) is 1.63. The predicted octanol–water partition coefficient (Wildman–Crippen LogP) is 4.05. The Morgan fingerprint density at radius 3 is 2.54 bits per heavy atom. The van der Waals surface area contributed by atoms with Crippen molar-refractivity contribution in [3.8, 4) is 17.2 Å². The predicted molar refractivity (Wildman–Crippen MR) is 97.2 cm³/mol. The van der Waals surface area contributed by atoms with Gasteiger partial charge in [0.25, 0.3) is 5.91 Å². The van der Waals surface area contributed by atoms with Crippen molar-refractivity contribution in [2.45, 2.75) is 13.3 Å². The second kappa shape index (κ2) is 8.59. The average Bonchev–Trinajstić information content (AvgIpc) is 2.60. The summed E-state index contributed by atoms with van der Waals surface area (Å²) < 4.78 is 17.0. The lowest BCUT2D eigenvalue weighted by molar-refractivity contribution is -0.118. The summed E-state index contributed by atoms with van der Waals surface area (Å²) in [6.45, 7) is 1.96. The summed E-state index contributed by atoms with van der Waals surface area (Å²) in [6, 6.07) is 10.9. The third kappa shape index (κ3) is 4.64. The SMILES string of the molecule is CCc1cc(Br)ccc1OCC(=O)Nc1ccc(OC)cc1OC. The van der Waals surface area contributed by atoms with E-state index in [1.54, 1.807) is 25.3 Å². The van der Waals surface area contributed by atoms with Crippen molar-refractivity contribution < 1.29 is 19.0 Å². The number of amides is 1. The Morgan fingerprint density at radius 1 is 1.08 bits per heavy atom. The Balaban J connectivity index is 2.01. The Labute approximate surface area is 150 Å². The Hall–Kier alpha value is -2.21. The molecule has 2 aromatic rings. The third-order valence-electron chi connectivity index (χ3n) is 3.44. The lowest BCUT2D eigenvalue weighted by Gasteiger charge is -2.13. The molecule has 2 rings (SSSR count). The van der Waals surface area contributed by atoms with Crippen molar-refractivity contribution in [1.82, 2.24) is 0 Å². The molecule has 0 saturated heterocycles. The first kappa shape index (κ1) is 18.1. The van der Waals surface area contributed by atoms with E-state index in [-0.39, 0.29) is 12.5 Å². The van der Waals surface area contributed by atoms with Gasteiger partial charge in [-0.15, -0.1) is 0 Å². The number of aryl methyl sites for hydroxylation is 1. The molecule has 0 atom stereocenters. The molecule has 0 saturated carbocycles. The van der Waals surface area contributed by atoms with Crippen LogP contribution in [0.15, 0.2) is 40.9 Å². The maximum Gasteiger partial charge on any atom is 0.262 e. The fourth-order valence-electron chi connectivity index (χ4n) is 2.20. The van der Waals surface area contributed by atoms with E-state index in [9.17, 15) is 4.79 Å². The van der Waals surface area contributed by atoms with Gasteiger partial charge in [-0.05, 0) is 42.3 Å². The number of methoxy groups -OCH3 is 2. The molecule has 0 bridgehead atoms. The monoisotopic (exact) mass is 393 g/mol. The second-order valence-corrected chi connectivity index (χ2v) is 5.92. The van der Waals surface area contributed by atoms with Gasteiger partial charge in [0.1, 0.15) is 17.2 Å². The van der Waals surface area contributed by atoms with E-state index in [4.69, 9.17) is 14.2 Å². The number of nitrogens with one attached hydrogen (secondary N) is 1. The maximum atomic E-state index is 12.1. The molecule has 2 aromatic carbocycles. The molecule has 0 radical (unpaired) electrons. The fourth-order valence-corrected chi connectivity index (χ4v) is 2.60. The highest BCUT2D eigenvalue weighted by Crippen LogP contribution is 2.29. The zero-order valence-corrected chi connectivity index (χ0v) is 15.5. The van der Waals surface area contributed by atoms with Crippen LogP contribution in [0.25, 0.3) is 0 Å². The molecule has 5 nitrogen and oxygen atoms in total. The molecule has 0 unspecified atom stereocenters. The number of benzene rings is 2. The van der Waals surface area contributed by atoms with Gasteiger partial charge in [0.2, 0.25) is 0 Å². The van der Waals surface area contributed by atoms with Crippen molar-refractivity contribution in [2.24, 2.45) is 0 Å². The number of carbonyl (C=O) groups excluding carboxylic acids is 1. The zero-order valence-electron chi connectivity index (χ0n) is 13.9. The van der Waals surface area contributed by atoms with Crippen LogP contribution >= 0.6 is 15.9 Å². The van der Waals surface area contributed by atoms with Crippen molar-refractivity contribution >= 4 is 27.5 Å².